The summed E-state index contributed by atoms with van der Waals surface area (Å²) in [6.45, 7) is 4.33. The molecule has 0 radical (unpaired) electrons. The SMILES string of the molecule is CCCCCCCCCC/C=C/CC/C=C/C(O)C(COC1OC(CO)C(O)C(O)C1O)NC(=O)CCCCCCCCCCCCCCCCCCCCCCCOC(=O)CCCCCCCCCCCCC. The van der Waals surface area contributed by atoms with Gasteiger partial charge in [0.05, 0.1) is 32.0 Å². The molecule has 6 N–H and O–H groups in total. The summed E-state index contributed by atoms with van der Waals surface area (Å²) in [5.41, 5.74) is 0. The first kappa shape index (κ1) is 70.2. The third-order valence-electron chi connectivity index (χ3n) is 15.1. The second kappa shape index (κ2) is 53.2. The van der Waals surface area contributed by atoms with Crippen molar-refractivity contribution in [1.29, 1.82) is 0 Å². The first-order chi connectivity index (χ1) is 36.2. The van der Waals surface area contributed by atoms with Gasteiger partial charge in [-0.25, -0.2) is 0 Å². The molecule has 1 amide bonds. The van der Waals surface area contributed by atoms with Crippen LogP contribution in [0.5, 0.6) is 0 Å². The van der Waals surface area contributed by atoms with Gasteiger partial charge < -0.3 is 45.1 Å². The lowest BCUT2D eigenvalue weighted by Gasteiger charge is -2.40. The number of ether oxygens (including phenoxy) is 3. The van der Waals surface area contributed by atoms with Gasteiger partial charge in [0.2, 0.25) is 5.91 Å². The maximum Gasteiger partial charge on any atom is 0.305 e. The molecule has 0 bridgehead atoms. The summed E-state index contributed by atoms with van der Waals surface area (Å²) >= 11 is 0. The first-order valence-corrected chi connectivity index (χ1v) is 31.6. The van der Waals surface area contributed by atoms with Gasteiger partial charge in [-0.15, -0.1) is 0 Å². The largest absolute Gasteiger partial charge is 0.466 e. The summed E-state index contributed by atoms with van der Waals surface area (Å²) < 4.78 is 16.7. The standard InChI is InChI=1S/C63H119NO10/c1-3-5-7-9-11-13-15-16-26-30-33-37-41-45-49-56(66)55(54-73-63-62(71)61(70)60(69)57(53-65)74-63)64-58(67)50-46-42-38-34-31-27-24-22-20-18-17-19-21-23-25-28-32-36-40-44-48-52-72-59(68)51-47-43-39-35-29-14-12-10-8-6-4-2/h30,33,45,49,55-57,60-63,65-66,69-71H,3-29,31-32,34-44,46-48,50-54H2,1-2H3,(H,64,67)/b33-30+,49-45+. The van der Waals surface area contributed by atoms with Gasteiger partial charge in [0.1, 0.15) is 24.4 Å². The fourth-order valence-corrected chi connectivity index (χ4v) is 10.0. The molecule has 0 saturated carbocycles. The van der Waals surface area contributed by atoms with Crippen LogP contribution in [-0.2, 0) is 23.8 Å². The van der Waals surface area contributed by atoms with E-state index in [0.29, 0.717) is 19.4 Å². The summed E-state index contributed by atoms with van der Waals surface area (Å²) in [5.74, 6) is -0.193. The molecule has 0 aromatic rings. The molecule has 1 fully saturated rings. The number of carbonyl (C=O) groups is 2. The highest BCUT2D eigenvalue weighted by molar-refractivity contribution is 5.76. The number of esters is 1. The van der Waals surface area contributed by atoms with Gasteiger partial charge in [-0.1, -0.05) is 269 Å². The Morgan fingerprint density at radius 3 is 1.34 bits per heavy atom. The number of rotatable bonds is 55. The summed E-state index contributed by atoms with van der Waals surface area (Å²) in [6.07, 6.45) is 54.2. The number of aliphatic hydroxyl groups excluding tert-OH is 5. The number of hydrogen-bond acceptors (Lipinski definition) is 10. The van der Waals surface area contributed by atoms with Crippen LogP contribution in [0.3, 0.4) is 0 Å². The number of hydrogen-bond donors (Lipinski definition) is 6. The molecule has 0 aromatic carbocycles. The number of allylic oxidation sites excluding steroid dienone is 3. The van der Waals surface area contributed by atoms with Crippen molar-refractivity contribution >= 4 is 11.9 Å². The van der Waals surface area contributed by atoms with Crippen LogP contribution in [0.1, 0.15) is 303 Å². The van der Waals surface area contributed by atoms with Crippen molar-refractivity contribution < 1.29 is 49.3 Å². The van der Waals surface area contributed by atoms with Gasteiger partial charge in [-0.2, -0.15) is 0 Å². The predicted octanol–water partition coefficient (Wildman–Crippen LogP) is 14.9. The van der Waals surface area contributed by atoms with E-state index in [9.17, 15) is 35.1 Å². The Labute approximate surface area is 454 Å². The Bertz CT molecular complexity index is 1280. The maximum atomic E-state index is 13.0. The Morgan fingerprint density at radius 2 is 0.878 bits per heavy atom. The van der Waals surface area contributed by atoms with Gasteiger partial charge in [0.15, 0.2) is 6.29 Å². The number of aliphatic hydroxyl groups is 5. The van der Waals surface area contributed by atoms with Crippen LogP contribution in [0.2, 0.25) is 0 Å². The van der Waals surface area contributed by atoms with E-state index in [4.69, 9.17) is 14.2 Å². The zero-order valence-corrected chi connectivity index (χ0v) is 48.1. The Hall–Kier alpha value is -1.86. The molecule has 74 heavy (non-hydrogen) atoms. The van der Waals surface area contributed by atoms with Crippen molar-refractivity contribution in [2.75, 3.05) is 19.8 Å². The summed E-state index contributed by atoms with van der Waals surface area (Å²) in [4.78, 5) is 25.1. The minimum Gasteiger partial charge on any atom is -0.466 e. The monoisotopic (exact) mass is 1050 g/mol. The summed E-state index contributed by atoms with van der Waals surface area (Å²) in [5, 5.41) is 54.4. The van der Waals surface area contributed by atoms with E-state index in [0.717, 1.165) is 57.8 Å². The molecule has 7 unspecified atom stereocenters. The van der Waals surface area contributed by atoms with Gasteiger partial charge >= 0.3 is 5.97 Å². The van der Waals surface area contributed by atoms with E-state index >= 15 is 0 Å². The van der Waals surface area contributed by atoms with E-state index in [1.165, 1.54) is 218 Å². The molecule has 1 saturated heterocycles. The summed E-state index contributed by atoms with van der Waals surface area (Å²) in [7, 11) is 0. The maximum absolute atomic E-state index is 13.0. The Morgan fingerprint density at radius 1 is 0.486 bits per heavy atom. The Balaban J connectivity index is 2.07. The lowest BCUT2D eigenvalue weighted by Crippen LogP contribution is -2.60. The number of carbonyl (C=O) groups excluding carboxylic acids is 2. The van der Waals surface area contributed by atoms with E-state index < -0.39 is 49.5 Å². The summed E-state index contributed by atoms with van der Waals surface area (Å²) in [6, 6.07) is -0.828. The minimum absolute atomic E-state index is 0.00161. The van der Waals surface area contributed by atoms with Gasteiger partial charge in [0, 0.05) is 12.8 Å². The zero-order chi connectivity index (χ0) is 53.8. The lowest BCUT2D eigenvalue weighted by molar-refractivity contribution is -0.302. The van der Waals surface area contributed by atoms with Crippen molar-refractivity contribution in [3.05, 3.63) is 24.3 Å². The third kappa shape index (κ3) is 42.2. The molecular formula is C63H119NO10. The van der Waals surface area contributed by atoms with Crippen LogP contribution in [0, 0.1) is 0 Å². The molecule has 436 valence electrons. The quantitative estimate of drug-likeness (QED) is 0.0195. The molecule has 0 aromatic heterocycles. The molecule has 0 spiro atoms. The number of amides is 1. The van der Waals surface area contributed by atoms with Gasteiger partial charge in [0.25, 0.3) is 0 Å². The molecule has 1 aliphatic heterocycles. The molecule has 1 aliphatic rings. The molecular weight excluding hydrogens is 931 g/mol. The number of unbranched alkanes of at least 4 members (excludes halogenated alkanes) is 39. The smallest absolute Gasteiger partial charge is 0.305 e. The fourth-order valence-electron chi connectivity index (χ4n) is 10.0. The van der Waals surface area contributed by atoms with E-state index in [1.54, 1.807) is 6.08 Å². The average Bonchev–Trinajstić information content (AvgIpc) is 3.40. The molecule has 0 aliphatic carbocycles. The van der Waals surface area contributed by atoms with Crippen LogP contribution in [-0.4, -0.2) is 100 Å². The van der Waals surface area contributed by atoms with Gasteiger partial charge in [-0.3, -0.25) is 9.59 Å². The van der Waals surface area contributed by atoms with Gasteiger partial charge in [-0.05, 0) is 44.9 Å². The van der Waals surface area contributed by atoms with E-state index in [2.05, 4.69) is 31.3 Å². The van der Waals surface area contributed by atoms with Crippen molar-refractivity contribution in [3.8, 4) is 0 Å². The van der Waals surface area contributed by atoms with Crippen molar-refractivity contribution in [3.63, 3.8) is 0 Å². The van der Waals surface area contributed by atoms with Crippen molar-refractivity contribution in [1.82, 2.24) is 5.32 Å². The van der Waals surface area contributed by atoms with Crippen LogP contribution >= 0.6 is 0 Å². The van der Waals surface area contributed by atoms with Crippen LogP contribution < -0.4 is 5.32 Å². The molecule has 11 nitrogen and oxygen atoms in total. The van der Waals surface area contributed by atoms with Crippen molar-refractivity contribution in [2.45, 2.75) is 346 Å². The molecule has 7 atom stereocenters. The third-order valence-corrected chi connectivity index (χ3v) is 15.1. The molecule has 1 heterocycles. The van der Waals surface area contributed by atoms with E-state index in [1.807, 2.05) is 6.08 Å². The van der Waals surface area contributed by atoms with Crippen LogP contribution in [0.4, 0.5) is 0 Å². The second-order valence-corrected chi connectivity index (χ2v) is 22.1. The highest BCUT2D eigenvalue weighted by atomic mass is 16.7. The average molecular weight is 1050 g/mol. The second-order valence-electron chi connectivity index (χ2n) is 22.1. The predicted molar refractivity (Wildman–Crippen MR) is 306 cm³/mol. The van der Waals surface area contributed by atoms with Crippen LogP contribution in [0.25, 0.3) is 0 Å². The normalized spacial score (nSPS) is 18.9. The van der Waals surface area contributed by atoms with Crippen LogP contribution in [0.15, 0.2) is 24.3 Å². The molecule has 1 rings (SSSR count). The van der Waals surface area contributed by atoms with Crippen molar-refractivity contribution in [2.24, 2.45) is 0 Å². The fraction of sp³-hybridized carbons (Fsp3) is 0.905. The minimum atomic E-state index is -1.58. The van der Waals surface area contributed by atoms with E-state index in [-0.39, 0.29) is 18.5 Å². The topological polar surface area (TPSA) is 175 Å². The molecule has 11 heteroatoms. The highest BCUT2D eigenvalue weighted by Crippen LogP contribution is 2.23. The first-order valence-electron chi connectivity index (χ1n) is 31.6. The highest BCUT2D eigenvalue weighted by Gasteiger charge is 2.44. The lowest BCUT2D eigenvalue weighted by atomic mass is 9.99. The Kier molecular flexibility index (Phi) is 50.4. The zero-order valence-electron chi connectivity index (χ0n) is 48.1. The number of nitrogens with one attached hydrogen (secondary N) is 1.